The number of carboxylic acid groups (broad SMARTS) is 1. The summed E-state index contributed by atoms with van der Waals surface area (Å²) in [7, 11) is -1.32. The van der Waals surface area contributed by atoms with Crippen molar-refractivity contribution in [2.45, 2.75) is 5.75 Å². The van der Waals surface area contributed by atoms with E-state index in [0.29, 0.717) is 5.75 Å². The lowest BCUT2D eigenvalue weighted by Crippen LogP contribution is -2.10. The molecule has 1 aromatic rings. The highest BCUT2D eigenvalue weighted by Gasteiger charge is 2.06. The smallest absolute Gasteiger partial charge is 0.316 e. The van der Waals surface area contributed by atoms with Crippen LogP contribution in [0, 0.1) is 0 Å². The molecule has 0 spiro atoms. The van der Waals surface area contributed by atoms with Crippen LogP contribution in [0.3, 0.4) is 0 Å². The van der Waals surface area contributed by atoms with Gasteiger partial charge in [-0.15, -0.1) is 0 Å². The minimum Gasteiger partial charge on any atom is -0.481 e. The Kier molecular flexibility index (Phi) is 4.28. The summed E-state index contributed by atoms with van der Waals surface area (Å²) in [5.41, 5.74) is 0.882. The molecule has 1 atom stereocenters. The summed E-state index contributed by atoms with van der Waals surface area (Å²) in [6, 6.07) is 7.33. The van der Waals surface area contributed by atoms with Gasteiger partial charge in [-0.3, -0.25) is 9.00 Å². The molecule has 1 aromatic carbocycles. The number of carboxylic acids is 1. The minimum absolute atomic E-state index is 0.291. The predicted octanol–water partition coefficient (Wildman–Crippen LogP) is 1.78. The number of aliphatic carboxylic acids is 1. The van der Waals surface area contributed by atoms with Crippen LogP contribution in [0.25, 0.3) is 0 Å². The predicted molar refractivity (Wildman–Crippen MR) is 58.5 cm³/mol. The Balaban J connectivity index is 2.56. The van der Waals surface area contributed by atoms with Gasteiger partial charge in [0.2, 0.25) is 0 Å². The molecule has 0 radical (unpaired) electrons. The zero-order chi connectivity index (χ0) is 10.6. The van der Waals surface area contributed by atoms with Crippen molar-refractivity contribution in [1.29, 1.82) is 0 Å². The number of rotatable bonds is 4. The van der Waals surface area contributed by atoms with Crippen molar-refractivity contribution in [2.75, 3.05) is 5.75 Å². The van der Waals surface area contributed by atoms with Crippen LogP contribution in [0.5, 0.6) is 0 Å². The van der Waals surface area contributed by atoms with Gasteiger partial charge in [0.25, 0.3) is 0 Å². The molecule has 0 aliphatic rings. The molecular weight excluding hydrogens is 268 g/mol. The third-order valence-electron chi connectivity index (χ3n) is 1.53. The lowest BCUT2D eigenvalue weighted by atomic mass is 10.2. The first-order valence-corrected chi connectivity index (χ1v) is 6.17. The number of benzene rings is 1. The highest BCUT2D eigenvalue weighted by Crippen LogP contribution is 2.11. The highest BCUT2D eigenvalue weighted by atomic mass is 79.9. The first kappa shape index (κ1) is 11.4. The van der Waals surface area contributed by atoms with Crippen molar-refractivity contribution in [1.82, 2.24) is 0 Å². The second kappa shape index (κ2) is 5.26. The Morgan fingerprint density at radius 3 is 2.43 bits per heavy atom. The summed E-state index contributed by atoms with van der Waals surface area (Å²) in [6.07, 6.45) is 0. The first-order valence-electron chi connectivity index (χ1n) is 3.89. The van der Waals surface area contributed by atoms with Crippen LogP contribution in [-0.4, -0.2) is 21.0 Å². The summed E-state index contributed by atoms with van der Waals surface area (Å²) in [5.74, 6) is -1.03. The van der Waals surface area contributed by atoms with Crippen molar-refractivity contribution in [3.05, 3.63) is 34.3 Å². The molecule has 1 N–H and O–H groups in total. The maximum absolute atomic E-state index is 11.2. The van der Waals surface area contributed by atoms with Crippen LogP contribution in [-0.2, 0) is 21.3 Å². The van der Waals surface area contributed by atoms with Gasteiger partial charge in [0.15, 0.2) is 0 Å². The number of halogens is 1. The van der Waals surface area contributed by atoms with Gasteiger partial charge >= 0.3 is 5.97 Å². The molecule has 0 saturated heterocycles. The maximum Gasteiger partial charge on any atom is 0.316 e. The van der Waals surface area contributed by atoms with E-state index in [1.807, 2.05) is 24.3 Å². The zero-order valence-corrected chi connectivity index (χ0v) is 9.68. The van der Waals surface area contributed by atoms with Gasteiger partial charge in [-0.25, -0.2) is 0 Å². The second-order valence-corrected chi connectivity index (χ2v) is 5.12. The molecule has 0 aliphatic carbocycles. The van der Waals surface area contributed by atoms with Gasteiger partial charge in [-0.2, -0.15) is 0 Å². The van der Waals surface area contributed by atoms with E-state index in [-0.39, 0.29) is 5.75 Å². The van der Waals surface area contributed by atoms with E-state index in [1.54, 1.807) is 0 Å². The lowest BCUT2D eigenvalue weighted by molar-refractivity contribution is -0.133. The number of carbonyl (C=O) groups is 1. The van der Waals surface area contributed by atoms with E-state index >= 15 is 0 Å². The molecule has 0 amide bonds. The lowest BCUT2D eigenvalue weighted by Gasteiger charge is -1.99. The summed E-state index contributed by atoms with van der Waals surface area (Å²) < 4.78 is 12.2. The van der Waals surface area contributed by atoms with E-state index < -0.39 is 16.8 Å². The van der Waals surface area contributed by atoms with Crippen molar-refractivity contribution in [3.63, 3.8) is 0 Å². The normalized spacial score (nSPS) is 12.4. The molecule has 0 heterocycles. The summed E-state index contributed by atoms with van der Waals surface area (Å²) in [5, 5.41) is 8.41. The van der Waals surface area contributed by atoms with E-state index in [9.17, 15) is 9.00 Å². The number of hydrogen-bond donors (Lipinski definition) is 1. The van der Waals surface area contributed by atoms with Crippen LogP contribution >= 0.6 is 15.9 Å². The average molecular weight is 277 g/mol. The third-order valence-corrected chi connectivity index (χ3v) is 3.28. The fourth-order valence-corrected chi connectivity index (χ4v) is 2.16. The molecule has 0 aromatic heterocycles. The second-order valence-electron chi connectivity index (χ2n) is 2.75. The molecule has 1 unspecified atom stereocenters. The van der Waals surface area contributed by atoms with Gasteiger partial charge < -0.3 is 5.11 Å². The van der Waals surface area contributed by atoms with E-state index in [0.717, 1.165) is 10.0 Å². The molecule has 0 fully saturated rings. The van der Waals surface area contributed by atoms with Crippen LogP contribution in [0.1, 0.15) is 5.56 Å². The quantitative estimate of drug-likeness (QED) is 0.912. The van der Waals surface area contributed by atoms with E-state index in [4.69, 9.17) is 5.11 Å². The van der Waals surface area contributed by atoms with Crippen molar-refractivity contribution < 1.29 is 14.1 Å². The van der Waals surface area contributed by atoms with Gasteiger partial charge in [0.05, 0.1) is 0 Å². The SMILES string of the molecule is O=C(O)CS(=O)Cc1ccc(Br)cc1. The zero-order valence-electron chi connectivity index (χ0n) is 7.27. The van der Waals surface area contributed by atoms with Gasteiger partial charge in [0, 0.05) is 21.0 Å². The Hall–Kier alpha value is -0.680. The van der Waals surface area contributed by atoms with Crippen LogP contribution in [0.4, 0.5) is 0 Å². The largest absolute Gasteiger partial charge is 0.481 e. The van der Waals surface area contributed by atoms with Crippen molar-refractivity contribution >= 4 is 32.7 Å². The molecule has 1 rings (SSSR count). The summed E-state index contributed by atoms with van der Waals surface area (Å²) in [4.78, 5) is 10.3. The van der Waals surface area contributed by atoms with Crippen molar-refractivity contribution in [2.24, 2.45) is 0 Å². The fourth-order valence-electron chi connectivity index (χ4n) is 0.955. The minimum atomic E-state index is -1.32. The Labute approximate surface area is 92.7 Å². The van der Waals surface area contributed by atoms with Gasteiger partial charge in [-0.1, -0.05) is 28.1 Å². The molecule has 0 aliphatic heterocycles. The van der Waals surface area contributed by atoms with Crippen LogP contribution in [0.15, 0.2) is 28.7 Å². The molecule has 76 valence electrons. The average Bonchev–Trinajstić information content (AvgIpc) is 2.07. The first-order chi connectivity index (χ1) is 6.58. The highest BCUT2D eigenvalue weighted by molar-refractivity contribution is 9.10. The number of hydrogen-bond acceptors (Lipinski definition) is 2. The molecule has 3 nitrogen and oxygen atoms in total. The molecule has 0 bridgehead atoms. The van der Waals surface area contributed by atoms with E-state index in [1.165, 1.54) is 0 Å². The summed E-state index contributed by atoms with van der Waals surface area (Å²) in [6.45, 7) is 0. The van der Waals surface area contributed by atoms with Gasteiger partial charge in [-0.05, 0) is 17.7 Å². The van der Waals surface area contributed by atoms with Crippen LogP contribution < -0.4 is 0 Å². The Morgan fingerprint density at radius 1 is 1.36 bits per heavy atom. The Morgan fingerprint density at radius 2 is 1.93 bits per heavy atom. The molecule has 14 heavy (non-hydrogen) atoms. The third kappa shape index (κ3) is 4.02. The Bertz CT molecular complexity index is 348. The molecule has 5 heteroatoms. The molecular formula is C9H9BrO3S. The van der Waals surface area contributed by atoms with Gasteiger partial charge in [0.1, 0.15) is 5.75 Å². The van der Waals surface area contributed by atoms with Crippen LogP contribution in [0.2, 0.25) is 0 Å². The summed E-state index contributed by atoms with van der Waals surface area (Å²) >= 11 is 3.28. The molecule has 0 saturated carbocycles. The standard InChI is InChI=1S/C9H9BrO3S/c10-8-3-1-7(2-4-8)5-14(13)6-9(11)12/h1-4H,5-6H2,(H,11,12). The topological polar surface area (TPSA) is 54.4 Å². The monoisotopic (exact) mass is 276 g/mol. The van der Waals surface area contributed by atoms with Crippen molar-refractivity contribution in [3.8, 4) is 0 Å². The maximum atomic E-state index is 11.2. The van der Waals surface area contributed by atoms with E-state index in [2.05, 4.69) is 15.9 Å². The fraction of sp³-hybridized carbons (Fsp3) is 0.222.